The highest BCUT2D eigenvalue weighted by molar-refractivity contribution is 5.92. The van der Waals surface area contributed by atoms with E-state index in [0.717, 1.165) is 76.3 Å². The van der Waals surface area contributed by atoms with E-state index < -0.39 is 23.3 Å². The average Bonchev–Trinajstić information content (AvgIpc) is 3.64. The highest BCUT2D eigenvalue weighted by Crippen LogP contribution is 2.57. The van der Waals surface area contributed by atoms with Crippen molar-refractivity contribution >= 4 is 11.7 Å². The Hall–Kier alpha value is -1.84. The zero-order chi connectivity index (χ0) is 35.6. The van der Waals surface area contributed by atoms with Crippen LogP contribution in [0.3, 0.4) is 0 Å². The van der Waals surface area contributed by atoms with Crippen LogP contribution in [0.4, 0.5) is 0 Å². The van der Waals surface area contributed by atoms with E-state index in [1.807, 2.05) is 13.8 Å². The average molecular weight is 694 g/mol. The molecule has 0 aromatic heterocycles. The summed E-state index contributed by atoms with van der Waals surface area (Å²) in [7, 11) is 0. The van der Waals surface area contributed by atoms with Gasteiger partial charge in [-0.2, -0.15) is 0 Å². The van der Waals surface area contributed by atoms with Gasteiger partial charge in [0, 0.05) is 55.7 Å². The van der Waals surface area contributed by atoms with Crippen LogP contribution in [-0.2, 0) is 23.7 Å². The van der Waals surface area contributed by atoms with Crippen molar-refractivity contribution < 1.29 is 34.0 Å². The summed E-state index contributed by atoms with van der Waals surface area (Å²) in [6.45, 7) is 18.1. The molecule has 50 heavy (non-hydrogen) atoms. The molecule has 4 fully saturated rings. The number of aliphatic hydroxyl groups is 2. The number of fused-ring (bicyclic) bond motifs is 2. The summed E-state index contributed by atoms with van der Waals surface area (Å²) in [4.78, 5) is 18.0. The lowest BCUT2D eigenvalue weighted by Crippen LogP contribution is -2.60. The summed E-state index contributed by atoms with van der Waals surface area (Å²) in [6.07, 6.45) is 13.3. The summed E-state index contributed by atoms with van der Waals surface area (Å²) in [5.41, 5.74) is 4.74. The molecule has 0 aromatic rings. The van der Waals surface area contributed by atoms with Crippen molar-refractivity contribution in [1.29, 1.82) is 0 Å². The molecule has 4 bridgehead atoms. The second-order valence-corrected chi connectivity index (χ2v) is 18.0. The van der Waals surface area contributed by atoms with Gasteiger partial charge in [-0.15, -0.1) is 0 Å². The van der Waals surface area contributed by atoms with Gasteiger partial charge in [0.1, 0.15) is 11.7 Å². The van der Waals surface area contributed by atoms with Crippen molar-refractivity contribution in [2.45, 2.75) is 179 Å². The fourth-order valence-electron chi connectivity index (χ4n) is 11.0. The minimum Gasteiger partial charge on any atom is -0.458 e. The van der Waals surface area contributed by atoms with Gasteiger partial charge in [0.25, 0.3) is 0 Å². The zero-order valence-electron chi connectivity index (χ0n) is 31.6. The molecule has 3 spiro atoms. The van der Waals surface area contributed by atoms with Crippen LogP contribution in [0, 0.1) is 29.1 Å². The van der Waals surface area contributed by atoms with Gasteiger partial charge in [-0.05, 0) is 108 Å². The largest absolute Gasteiger partial charge is 0.458 e. The molecule has 2 N–H and O–H groups in total. The van der Waals surface area contributed by atoms with Crippen molar-refractivity contribution in [2.24, 2.45) is 34.1 Å². The Kier molecular flexibility index (Phi) is 9.89. The lowest BCUT2D eigenvalue weighted by Gasteiger charge is -2.49. The lowest BCUT2D eigenvalue weighted by atomic mass is 9.57. The van der Waals surface area contributed by atoms with Gasteiger partial charge in [-0.3, -0.25) is 9.79 Å². The van der Waals surface area contributed by atoms with Gasteiger partial charge >= 0.3 is 5.97 Å². The number of esters is 1. The summed E-state index contributed by atoms with van der Waals surface area (Å²) in [5.74, 6) is -1.35. The molecule has 8 heteroatoms. The Morgan fingerprint density at radius 1 is 0.980 bits per heavy atom. The van der Waals surface area contributed by atoms with Crippen LogP contribution < -0.4 is 0 Å². The predicted octanol–water partition coefficient (Wildman–Crippen LogP) is 7.91. The number of aliphatic imine (C=N–C) groups is 1. The van der Waals surface area contributed by atoms with Crippen LogP contribution in [0.1, 0.15) is 138 Å². The topological polar surface area (TPSA) is 107 Å². The van der Waals surface area contributed by atoms with E-state index in [1.54, 1.807) is 0 Å². The maximum absolute atomic E-state index is 12.6. The molecule has 4 saturated heterocycles. The molecular formula is C42H63NO7. The van der Waals surface area contributed by atoms with E-state index in [-0.39, 0.29) is 47.4 Å². The molecule has 0 amide bonds. The van der Waals surface area contributed by atoms with Crippen LogP contribution in [0.15, 0.2) is 39.9 Å². The van der Waals surface area contributed by atoms with Crippen LogP contribution in [0.25, 0.3) is 0 Å². The highest BCUT2D eigenvalue weighted by Gasteiger charge is 2.64. The van der Waals surface area contributed by atoms with Gasteiger partial charge in [-0.25, -0.2) is 0 Å². The number of rotatable bonds is 1. The van der Waals surface area contributed by atoms with Gasteiger partial charge < -0.3 is 29.2 Å². The zero-order valence-corrected chi connectivity index (χ0v) is 31.6. The number of carbonyl (C=O) groups excluding carboxylic acids is 1. The minimum atomic E-state index is -1.12. The second kappa shape index (κ2) is 13.5. The van der Waals surface area contributed by atoms with E-state index in [4.69, 9.17) is 23.9 Å². The van der Waals surface area contributed by atoms with Gasteiger partial charge in [0.2, 0.25) is 5.79 Å². The fourth-order valence-corrected chi connectivity index (χ4v) is 11.0. The van der Waals surface area contributed by atoms with Crippen molar-refractivity contribution in [2.75, 3.05) is 6.54 Å². The molecule has 0 aromatic carbocycles. The van der Waals surface area contributed by atoms with Crippen LogP contribution in [0.2, 0.25) is 0 Å². The third kappa shape index (κ3) is 6.52. The molecule has 6 aliphatic heterocycles. The first-order valence-electron chi connectivity index (χ1n) is 19.9. The summed E-state index contributed by atoms with van der Waals surface area (Å²) in [5, 5.41) is 23.6. The number of hydrogen-bond donors (Lipinski definition) is 2. The number of nitrogens with zero attached hydrogens (tertiary/aromatic N) is 1. The van der Waals surface area contributed by atoms with Gasteiger partial charge in [0.05, 0.1) is 24.2 Å². The number of ether oxygens (including phenoxy) is 4. The van der Waals surface area contributed by atoms with E-state index in [0.29, 0.717) is 38.0 Å². The Bertz CT molecular complexity index is 1450. The number of aliphatic hydroxyl groups excluding tert-OH is 1. The number of carbonyl (C=O) groups is 1. The third-order valence-electron chi connectivity index (χ3n) is 14.1. The second-order valence-electron chi connectivity index (χ2n) is 18.0. The number of allylic oxidation sites excluding steroid dienone is 2. The Balaban J connectivity index is 1.26. The number of cyclic esters (lactones) is 1. The first kappa shape index (κ1) is 36.5. The van der Waals surface area contributed by atoms with Crippen molar-refractivity contribution in [1.82, 2.24) is 0 Å². The number of hydrogen-bond acceptors (Lipinski definition) is 8. The van der Waals surface area contributed by atoms with E-state index in [9.17, 15) is 15.0 Å². The molecule has 7 aliphatic rings. The van der Waals surface area contributed by atoms with E-state index in [2.05, 4.69) is 40.3 Å². The van der Waals surface area contributed by atoms with E-state index in [1.165, 1.54) is 22.4 Å². The Labute approximate surface area is 300 Å². The monoisotopic (exact) mass is 693 g/mol. The summed E-state index contributed by atoms with van der Waals surface area (Å²) in [6, 6.07) is 0. The Morgan fingerprint density at radius 3 is 2.54 bits per heavy atom. The molecule has 0 saturated carbocycles. The van der Waals surface area contributed by atoms with Crippen molar-refractivity contribution in [3.8, 4) is 0 Å². The molecule has 1 aliphatic carbocycles. The molecule has 0 radical (unpaired) electrons. The summed E-state index contributed by atoms with van der Waals surface area (Å²) >= 11 is 0. The highest BCUT2D eigenvalue weighted by atomic mass is 16.8. The molecule has 278 valence electrons. The standard InChI is InChI=1S/C42H63NO7/c1-25-9-8-10-37-40(23-26(2)13-18-43-37)15-12-32(36-21-28(4)38(45)47-36)30(6)33(40)20-27(3)34(44)22-35-29(5)24-41(49-35)16-17-42(50-41)39(7,46)14-11-31(19-25)48-42/h20,26,28-29,31,33-36,44,46H,1,8-19,21-24H2,2-7H3/b27-20+/t26?,28?,29-,31+,33+,34+,35-,36?,39-,40+,41-,42-/m1/s1. The minimum absolute atomic E-state index is 0.0567. The summed E-state index contributed by atoms with van der Waals surface area (Å²) < 4.78 is 26.3. The molecule has 7 rings (SSSR count). The SMILES string of the molecule is C=C1CCCC2=NCCC(C)C[C@]23CCC(C2CC(C)C(=O)O2)=C(C)[C@@H]3/C=C(\C)[C@@H](O)C[C@H]2O[C@@]3(CC[C@@]4(O[C@@H](CC[C@@]4(C)O)C1)O3)C[C@H]2C. The molecule has 12 atom stereocenters. The first-order valence-corrected chi connectivity index (χ1v) is 19.9. The maximum Gasteiger partial charge on any atom is 0.309 e. The maximum atomic E-state index is 12.6. The van der Waals surface area contributed by atoms with Crippen molar-refractivity contribution in [3.05, 3.63) is 34.9 Å². The fraction of sp³-hybridized carbons (Fsp3) is 0.810. The molecular weight excluding hydrogens is 630 g/mol. The van der Waals surface area contributed by atoms with Crippen LogP contribution in [-0.4, -0.2) is 70.0 Å². The lowest BCUT2D eigenvalue weighted by molar-refractivity contribution is -0.387. The van der Waals surface area contributed by atoms with Crippen LogP contribution >= 0.6 is 0 Å². The Morgan fingerprint density at radius 2 is 1.78 bits per heavy atom. The molecule has 3 unspecified atom stereocenters. The van der Waals surface area contributed by atoms with Gasteiger partial charge in [0.15, 0.2) is 5.79 Å². The van der Waals surface area contributed by atoms with Crippen molar-refractivity contribution in [3.63, 3.8) is 0 Å². The van der Waals surface area contributed by atoms with E-state index >= 15 is 0 Å². The quantitative estimate of drug-likeness (QED) is 0.212. The first-order chi connectivity index (χ1) is 23.6. The third-order valence-corrected chi connectivity index (χ3v) is 14.1. The molecule has 6 heterocycles. The molecule has 8 nitrogen and oxygen atoms in total. The normalized spacial score (nSPS) is 48.6. The predicted molar refractivity (Wildman–Crippen MR) is 193 cm³/mol. The van der Waals surface area contributed by atoms with Gasteiger partial charge in [-0.1, -0.05) is 44.6 Å². The van der Waals surface area contributed by atoms with Crippen LogP contribution in [0.5, 0.6) is 0 Å². The smallest absolute Gasteiger partial charge is 0.309 e.